The first-order chi connectivity index (χ1) is 13.6. The number of benzene rings is 2. The van der Waals surface area contributed by atoms with Crippen LogP contribution in [0.2, 0.25) is 0 Å². The van der Waals surface area contributed by atoms with Gasteiger partial charge in [-0.05, 0) is 30.3 Å². The van der Waals surface area contributed by atoms with Gasteiger partial charge in [0.25, 0.3) is 17.7 Å². The van der Waals surface area contributed by atoms with Crippen molar-refractivity contribution >= 4 is 23.4 Å². The van der Waals surface area contributed by atoms with Crippen LogP contribution >= 0.6 is 0 Å². The second-order valence-corrected chi connectivity index (χ2v) is 6.75. The summed E-state index contributed by atoms with van der Waals surface area (Å²) in [6.07, 6.45) is 0. The van der Waals surface area contributed by atoms with Crippen LogP contribution in [0, 0.1) is 0 Å². The molecule has 2 aliphatic rings. The number of para-hydroxylation sites is 1. The highest BCUT2D eigenvalue weighted by atomic mass is 16.5. The largest absolute Gasteiger partial charge is 0.379 e. The number of anilines is 1. The lowest BCUT2D eigenvalue weighted by molar-refractivity contribution is 0.0383. The zero-order valence-corrected chi connectivity index (χ0v) is 15.4. The molecule has 2 heterocycles. The molecule has 2 aromatic rings. The Morgan fingerprint density at radius 3 is 2.43 bits per heavy atom. The first-order valence-corrected chi connectivity index (χ1v) is 9.31. The second-order valence-electron chi connectivity index (χ2n) is 6.75. The third kappa shape index (κ3) is 3.54. The first-order valence-electron chi connectivity index (χ1n) is 9.31. The number of amides is 3. The molecule has 0 saturated carbocycles. The summed E-state index contributed by atoms with van der Waals surface area (Å²) in [5, 5.41) is 2.88. The fraction of sp³-hybridized carbons (Fsp3) is 0.286. The van der Waals surface area contributed by atoms with E-state index in [9.17, 15) is 14.4 Å². The first kappa shape index (κ1) is 18.3. The Labute approximate surface area is 162 Å². The predicted octanol–water partition coefficient (Wildman–Crippen LogP) is 1.55. The number of nitrogens with zero attached hydrogens (tertiary/aromatic N) is 2. The summed E-state index contributed by atoms with van der Waals surface area (Å²) >= 11 is 0. The van der Waals surface area contributed by atoms with E-state index in [0.717, 1.165) is 24.5 Å². The molecule has 2 aromatic carbocycles. The smallest absolute Gasteiger partial charge is 0.266 e. The normalized spacial score (nSPS) is 16.9. The number of hydrogen-bond donors (Lipinski definition) is 1. The summed E-state index contributed by atoms with van der Waals surface area (Å²) in [5.41, 5.74) is 1.47. The maximum absolute atomic E-state index is 12.8. The molecule has 4 rings (SSSR count). The average molecular weight is 379 g/mol. The number of imide groups is 1. The Hall–Kier alpha value is -3.03. The van der Waals surface area contributed by atoms with Crippen LogP contribution < -0.4 is 10.2 Å². The molecule has 144 valence electrons. The fourth-order valence-corrected chi connectivity index (χ4v) is 3.45. The lowest BCUT2D eigenvalue weighted by Gasteiger charge is -2.26. The van der Waals surface area contributed by atoms with Crippen molar-refractivity contribution in [3.8, 4) is 0 Å². The highest BCUT2D eigenvalue weighted by Gasteiger charge is 2.37. The fourth-order valence-electron chi connectivity index (χ4n) is 3.45. The second kappa shape index (κ2) is 7.92. The monoisotopic (exact) mass is 379 g/mol. The van der Waals surface area contributed by atoms with Gasteiger partial charge in [0, 0.05) is 31.7 Å². The molecule has 0 aromatic heterocycles. The van der Waals surface area contributed by atoms with E-state index in [1.165, 1.54) is 6.07 Å². The molecule has 0 unspecified atom stereocenters. The van der Waals surface area contributed by atoms with E-state index in [-0.39, 0.29) is 17.4 Å². The maximum atomic E-state index is 12.8. The molecule has 1 saturated heterocycles. The number of rotatable bonds is 5. The molecule has 0 radical (unpaired) electrons. The summed E-state index contributed by atoms with van der Waals surface area (Å²) in [7, 11) is 0. The number of fused-ring (bicyclic) bond motifs is 1. The standard InChI is InChI=1S/C21H21N3O4/c25-19(22-8-9-23-10-12-28-13-11-23)15-6-7-17-18(14-15)21(27)24(20(17)26)16-4-2-1-3-5-16/h1-7,14H,8-13H2,(H,22,25). The Kier molecular flexibility index (Phi) is 5.18. The van der Waals surface area contributed by atoms with E-state index in [0.29, 0.717) is 36.6 Å². The quantitative estimate of drug-likeness (QED) is 0.798. The number of hydrogen-bond acceptors (Lipinski definition) is 5. The van der Waals surface area contributed by atoms with Gasteiger partial charge in [-0.1, -0.05) is 18.2 Å². The third-order valence-corrected chi connectivity index (χ3v) is 4.98. The van der Waals surface area contributed by atoms with Crippen molar-refractivity contribution in [2.75, 3.05) is 44.3 Å². The molecule has 3 amide bonds. The third-order valence-electron chi connectivity index (χ3n) is 4.98. The van der Waals surface area contributed by atoms with Crippen LogP contribution in [0.5, 0.6) is 0 Å². The minimum atomic E-state index is -0.408. The van der Waals surface area contributed by atoms with Crippen molar-refractivity contribution in [1.82, 2.24) is 10.2 Å². The molecule has 0 atom stereocenters. The number of carbonyl (C=O) groups excluding carboxylic acids is 3. The van der Waals surface area contributed by atoms with Gasteiger partial charge < -0.3 is 10.1 Å². The molecule has 7 nitrogen and oxygen atoms in total. The summed E-state index contributed by atoms with van der Waals surface area (Å²) in [4.78, 5) is 41.2. The number of ether oxygens (including phenoxy) is 1. The van der Waals surface area contributed by atoms with Gasteiger partial charge in [0.2, 0.25) is 0 Å². The molecule has 28 heavy (non-hydrogen) atoms. The van der Waals surface area contributed by atoms with Crippen molar-refractivity contribution in [2.45, 2.75) is 0 Å². The summed E-state index contributed by atoms with van der Waals surface area (Å²) < 4.78 is 5.31. The van der Waals surface area contributed by atoms with Crippen LogP contribution in [0.15, 0.2) is 48.5 Å². The van der Waals surface area contributed by atoms with Gasteiger partial charge in [0.05, 0.1) is 30.0 Å². The summed E-state index contributed by atoms with van der Waals surface area (Å²) in [5.74, 6) is -1.03. The number of nitrogens with one attached hydrogen (secondary N) is 1. The van der Waals surface area contributed by atoms with Crippen LogP contribution in [0.25, 0.3) is 0 Å². The van der Waals surface area contributed by atoms with Crippen molar-refractivity contribution in [1.29, 1.82) is 0 Å². The number of morpholine rings is 1. The molecule has 0 spiro atoms. The predicted molar refractivity (Wildman–Crippen MR) is 104 cm³/mol. The SMILES string of the molecule is O=C(NCCN1CCOCC1)c1ccc2c(c1)C(=O)N(c1ccccc1)C2=O. The summed E-state index contributed by atoms with van der Waals surface area (Å²) in [6, 6.07) is 13.4. The number of carbonyl (C=O) groups is 3. The van der Waals surface area contributed by atoms with Crippen molar-refractivity contribution in [2.24, 2.45) is 0 Å². The van der Waals surface area contributed by atoms with E-state index in [4.69, 9.17) is 4.74 Å². The highest BCUT2D eigenvalue weighted by Crippen LogP contribution is 2.28. The minimum absolute atomic E-state index is 0.255. The van der Waals surface area contributed by atoms with Crippen LogP contribution in [0.4, 0.5) is 5.69 Å². The van der Waals surface area contributed by atoms with Gasteiger partial charge in [0.1, 0.15) is 0 Å². The highest BCUT2D eigenvalue weighted by molar-refractivity contribution is 6.34. The summed E-state index contributed by atoms with van der Waals surface area (Å²) in [6.45, 7) is 4.42. The van der Waals surface area contributed by atoms with Gasteiger partial charge in [-0.2, -0.15) is 0 Å². The van der Waals surface area contributed by atoms with Crippen LogP contribution in [0.3, 0.4) is 0 Å². The van der Waals surface area contributed by atoms with Crippen molar-refractivity contribution < 1.29 is 19.1 Å². The van der Waals surface area contributed by atoms with E-state index in [1.807, 2.05) is 6.07 Å². The molecule has 7 heteroatoms. The molecule has 0 bridgehead atoms. The van der Waals surface area contributed by atoms with Gasteiger partial charge in [0.15, 0.2) is 0 Å². The van der Waals surface area contributed by atoms with Crippen LogP contribution in [0.1, 0.15) is 31.1 Å². The van der Waals surface area contributed by atoms with Crippen molar-refractivity contribution in [3.63, 3.8) is 0 Å². The lowest BCUT2D eigenvalue weighted by Crippen LogP contribution is -2.41. The topological polar surface area (TPSA) is 79.0 Å². The molecule has 1 N–H and O–H groups in total. The Bertz CT molecular complexity index is 907. The Morgan fingerprint density at radius 1 is 0.964 bits per heavy atom. The Balaban J connectivity index is 1.44. The maximum Gasteiger partial charge on any atom is 0.266 e. The van der Waals surface area contributed by atoms with Gasteiger partial charge in [-0.25, -0.2) is 4.90 Å². The van der Waals surface area contributed by atoms with Crippen molar-refractivity contribution in [3.05, 3.63) is 65.2 Å². The average Bonchev–Trinajstić information content (AvgIpc) is 2.99. The molecule has 0 aliphatic carbocycles. The van der Waals surface area contributed by atoms with Gasteiger partial charge in [-0.3, -0.25) is 19.3 Å². The van der Waals surface area contributed by atoms with E-state index in [1.54, 1.807) is 36.4 Å². The van der Waals surface area contributed by atoms with E-state index < -0.39 is 5.91 Å². The molecule has 2 aliphatic heterocycles. The van der Waals surface area contributed by atoms with Crippen LogP contribution in [-0.2, 0) is 4.74 Å². The molecular weight excluding hydrogens is 358 g/mol. The van der Waals surface area contributed by atoms with E-state index in [2.05, 4.69) is 10.2 Å². The zero-order chi connectivity index (χ0) is 19.5. The minimum Gasteiger partial charge on any atom is -0.379 e. The van der Waals surface area contributed by atoms with E-state index >= 15 is 0 Å². The Morgan fingerprint density at radius 2 is 1.68 bits per heavy atom. The zero-order valence-electron chi connectivity index (χ0n) is 15.4. The van der Waals surface area contributed by atoms with Gasteiger partial charge >= 0.3 is 0 Å². The van der Waals surface area contributed by atoms with Gasteiger partial charge in [-0.15, -0.1) is 0 Å². The lowest BCUT2D eigenvalue weighted by atomic mass is 10.1. The molecule has 1 fully saturated rings. The van der Waals surface area contributed by atoms with Crippen LogP contribution in [-0.4, -0.2) is 62.0 Å². The molecular formula is C21H21N3O4.